The summed E-state index contributed by atoms with van der Waals surface area (Å²) >= 11 is 0. The Morgan fingerprint density at radius 1 is 1.19 bits per heavy atom. The molecule has 1 unspecified atom stereocenters. The summed E-state index contributed by atoms with van der Waals surface area (Å²) in [6.07, 6.45) is -0.664. The van der Waals surface area contributed by atoms with E-state index in [0.717, 1.165) is 0 Å². The third kappa shape index (κ3) is 8.40. The maximum atomic E-state index is 12.3. The number of amidine groups is 1. The number of hydrogen-bond donors (Lipinski definition) is 3. The maximum absolute atomic E-state index is 12.3. The standard InChI is InChI=1S/C18H39N3O4Si/c1-12(2)11-13(20-16(22)24-17(3,4)5)14(15(19)21-23)25-26(9,10)18(6,7)8/h12-14,23H,11H2,1-10H3,(H2,19,21)(H,20,22)/t13-,14?/m0/s1. The molecular weight excluding hydrogens is 350 g/mol. The number of nitrogens with two attached hydrogens (primary N) is 1. The van der Waals surface area contributed by atoms with Gasteiger partial charge in [-0.1, -0.05) is 39.8 Å². The Kier molecular flexibility index (Phi) is 8.63. The number of alkyl carbamates (subject to hydrolysis) is 1. The predicted molar refractivity (Wildman–Crippen MR) is 108 cm³/mol. The summed E-state index contributed by atoms with van der Waals surface area (Å²) in [4.78, 5) is 12.3. The summed E-state index contributed by atoms with van der Waals surface area (Å²) in [5.74, 6) is 0.225. The van der Waals surface area contributed by atoms with Crippen LogP contribution in [0, 0.1) is 5.92 Å². The second kappa shape index (κ2) is 9.08. The highest BCUT2D eigenvalue weighted by atomic mass is 28.4. The van der Waals surface area contributed by atoms with Crippen LogP contribution in [-0.2, 0) is 9.16 Å². The number of carbonyl (C=O) groups excluding carboxylic acids is 1. The Bertz CT molecular complexity index is 494. The fourth-order valence-electron chi connectivity index (χ4n) is 2.12. The number of oxime groups is 1. The van der Waals surface area contributed by atoms with Crippen LogP contribution in [0.25, 0.3) is 0 Å². The molecule has 2 atom stereocenters. The zero-order valence-electron chi connectivity index (χ0n) is 18.1. The molecule has 0 rings (SSSR count). The molecule has 0 aliphatic rings. The quantitative estimate of drug-likeness (QED) is 0.200. The van der Waals surface area contributed by atoms with Crippen LogP contribution >= 0.6 is 0 Å². The van der Waals surface area contributed by atoms with Gasteiger partial charge in [0, 0.05) is 0 Å². The Labute approximate surface area is 159 Å². The normalized spacial score (nSPS) is 16.3. The van der Waals surface area contributed by atoms with Gasteiger partial charge in [-0.3, -0.25) is 0 Å². The fourth-order valence-corrected chi connectivity index (χ4v) is 3.40. The van der Waals surface area contributed by atoms with Gasteiger partial charge in [-0.15, -0.1) is 0 Å². The zero-order chi connectivity index (χ0) is 20.9. The first kappa shape index (κ1) is 24.7. The minimum absolute atomic E-state index is 0.0449. The second-order valence-corrected chi connectivity index (χ2v) is 14.5. The summed E-state index contributed by atoms with van der Waals surface area (Å²) in [5, 5.41) is 15.2. The van der Waals surface area contributed by atoms with Crippen LogP contribution in [0.4, 0.5) is 4.79 Å². The van der Waals surface area contributed by atoms with Crippen molar-refractivity contribution in [3.63, 3.8) is 0 Å². The smallest absolute Gasteiger partial charge is 0.407 e. The summed E-state index contributed by atoms with van der Waals surface area (Å²) < 4.78 is 11.8. The van der Waals surface area contributed by atoms with Crippen molar-refractivity contribution in [1.29, 1.82) is 0 Å². The molecule has 0 saturated carbocycles. The average Bonchev–Trinajstić information content (AvgIpc) is 2.39. The Morgan fingerprint density at radius 3 is 2.04 bits per heavy atom. The number of rotatable bonds is 7. The first-order chi connectivity index (χ1) is 11.5. The van der Waals surface area contributed by atoms with Crippen molar-refractivity contribution in [2.45, 2.75) is 97.7 Å². The largest absolute Gasteiger partial charge is 0.444 e. The lowest BCUT2D eigenvalue weighted by Gasteiger charge is -2.41. The summed E-state index contributed by atoms with van der Waals surface area (Å²) in [6, 6.07) is -0.463. The van der Waals surface area contributed by atoms with Crippen LogP contribution in [-0.4, -0.2) is 43.2 Å². The van der Waals surface area contributed by atoms with E-state index in [0.29, 0.717) is 6.42 Å². The molecule has 0 aliphatic carbocycles. The van der Waals surface area contributed by atoms with Gasteiger partial charge >= 0.3 is 6.09 Å². The van der Waals surface area contributed by atoms with E-state index in [-0.39, 0.29) is 16.8 Å². The van der Waals surface area contributed by atoms with Crippen molar-refractivity contribution in [2.75, 3.05) is 0 Å². The molecule has 0 aliphatic heterocycles. The molecule has 1 amide bonds. The van der Waals surface area contributed by atoms with E-state index >= 15 is 0 Å². The Hall–Kier alpha value is -1.28. The van der Waals surface area contributed by atoms with Crippen molar-refractivity contribution in [3.05, 3.63) is 0 Å². The van der Waals surface area contributed by atoms with Gasteiger partial charge in [0.2, 0.25) is 0 Å². The van der Waals surface area contributed by atoms with Gasteiger partial charge in [0.25, 0.3) is 0 Å². The summed E-state index contributed by atoms with van der Waals surface area (Å²) in [5.41, 5.74) is 5.34. The molecule has 0 saturated heterocycles. The van der Waals surface area contributed by atoms with E-state index in [2.05, 4.69) is 44.3 Å². The van der Waals surface area contributed by atoms with Gasteiger partial charge in [0.15, 0.2) is 14.2 Å². The van der Waals surface area contributed by atoms with Crippen molar-refractivity contribution in [1.82, 2.24) is 5.32 Å². The first-order valence-corrected chi connectivity index (χ1v) is 12.1. The highest BCUT2D eigenvalue weighted by molar-refractivity contribution is 6.74. The highest BCUT2D eigenvalue weighted by Gasteiger charge is 2.42. The lowest BCUT2D eigenvalue weighted by molar-refractivity contribution is 0.0456. The van der Waals surface area contributed by atoms with Crippen molar-refractivity contribution < 1.29 is 19.2 Å². The lowest BCUT2D eigenvalue weighted by Crippen LogP contribution is -2.57. The monoisotopic (exact) mass is 389 g/mol. The van der Waals surface area contributed by atoms with Crippen LogP contribution in [0.1, 0.15) is 61.8 Å². The van der Waals surface area contributed by atoms with E-state index in [1.165, 1.54) is 0 Å². The zero-order valence-corrected chi connectivity index (χ0v) is 19.1. The lowest BCUT2D eigenvalue weighted by atomic mass is 9.98. The molecule has 0 bridgehead atoms. The number of amides is 1. The number of hydrogen-bond acceptors (Lipinski definition) is 5. The molecule has 0 aromatic heterocycles. The average molecular weight is 390 g/mol. The molecule has 8 heteroatoms. The summed E-state index contributed by atoms with van der Waals surface area (Å²) in [7, 11) is -2.22. The van der Waals surface area contributed by atoms with E-state index < -0.39 is 32.2 Å². The fraction of sp³-hybridized carbons (Fsp3) is 0.889. The number of carbonyl (C=O) groups is 1. The molecule has 4 N–H and O–H groups in total. The maximum Gasteiger partial charge on any atom is 0.407 e. The molecule has 7 nitrogen and oxygen atoms in total. The SMILES string of the molecule is CC(C)C[C@H](NC(=O)OC(C)(C)C)C(O[Si](C)(C)C(C)(C)C)/C(N)=N/O. The number of ether oxygens (including phenoxy) is 1. The van der Waals surface area contributed by atoms with Crippen LogP contribution < -0.4 is 11.1 Å². The second-order valence-electron chi connectivity index (χ2n) is 9.71. The van der Waals surface area contributed by atoms with Crippen LogP contribution in [0.3, 0.4) is 0 Å². The van der Waals surface area contributed by atoms with Gasteiger partial charge in [-0.2, -0.15) is 0 Å². The van der Waals surface area contributed by atoms with Crippen LogP contribution in [0.5, 0.6) is 0 Å². The number of nitrogens with one attached hydrogen (secondary N) is 1. The van der Waals surface area contributed by atoms with E-state index in [9.17, 15) is 10.0 Å². The van der Waals surface area contributed by atoms with Gasteiger partial charge in [0.1, 0.15) is 11.7 Å². The highest BCUT2D eigenvalue weighted by Crippen LogP contribution is 2.38. The number of nitrogens with zero attached hydrogens (tertiary/aromatic N) is 1. The predicted octanol–water partition coefficient (Wildman–Crippen LogP) is 4.06. The van der Waals surface area contributed by atoms with Crippen molar-refractivity contribution in [3.8, 4) is 0 Å². The van der Waals surface area contributed by atoms with Gasteiger partial charge in [-0.05, 0) is 51.2 Å². The molecular formula is C18H39N3O4Si. The van der Waals surface area contributed by atoms with Gasteiger partial charge < -0.3 is 25.4 Å². The molecule has 0 spiro atoms. The molecule has 0 radical (unpaired) electrons. The minimum atomic E-state index is -2.22. The van der Waals surface area contributed by atoms with Crippen LogP contribution in [0.15, 0.2) is 5.16 Å². The van der Waals surface area contributed by atoms with Crippen molar-refractivity contribution >= 4 is 20.2 Å². The van der Waals surface area contributed by atoms with E-state index in [1.54, 1.807) is 20.8 Å². The van der Waals surface area contributed by atoms with Crippen molar-refractivity contribution in [2.24, 2.45) is 16.8 Å². The molecule has 154 valence electrons. The molecule has 0 fully saturated rings. The van der Waals surface area contributed by atoms with E-state index in [1.807, 2.05) is 13.8 Å². The van der Waals surface area contributed by atoms with Gasteiger partial charge in [0.05, 0.1) is 6.04 Å². The molecule has 0 aromatic carbocycles. The Balaban J connectivity index is 5.66. The van der Waals surface area contributed by atoms with Crippen LogP contribution in [0.2, 0.25) is 18.1 Å². The first-order valence-electron chi connectivity index (χ1n) is 9.15. The third-order valence-electron chi connectivity index (χ3n) is 4.43. The minimum Gasteiger partial charge on any atom is -0.444 e. The van der Waals surface area contributed by atoms with Gasteiger partial charge in [-0.25, -0.2) is 4.79 Å². The molecule has 0 aromatic rings. The third-order valence-corrected chi connectivity index (χ3v) is 8.88. The topological polar surface area (TPSA) is 106 Å². The molecule has 0 heterocycles. The Morgan fingerprint density at radius 2 is 1.69 bits per heavy atom. The van der Waals surface area contributed by atoms with E-state index in [4.69, 9.17) is 14.9 Å². The summed E-state index contributed by atoms with van der Waals surface area (Å²) in [6.45, 7) is 20.0. The molecule has 26 heavy (non-hydrogen) atoms.